The lowest BCUT2D eigenvalue weighted by molar-refractivity contribution is 0.172. The number of carbonyl (C=O) groups is 1. The van der Waals surface area contributed by atoms with E-state index in [-0.39, 0.29) is 25.0 Å². The van der Waals surface area contributed by atoms with Crippen molar-refractivity contribution >= 4 is 6.03 Å². The smallest absolute Gasteiger partial charge is 0.315 e. The van der Waals surface area contributed by atoms with E-state index in [1.807, 2.05) is 51.1 Å². The summed E-state index contributed by atoms with van der Waals surface area (Å²) in [5, 5.41) is 19.4. The molecule has 1 unspecified atom stereocenters. The number of urea groups is 1. The van der Waals surface area contributed by atoms with E-state index in [1.165, 1.54) is 0 Å². The fraction of sp³-hybridized carbons (Fsp3) is 0.412. The van der Waals surface area contributed by atoms with Crippen LogP contribution < -0.4 is 10.6 Å². The number of hydrogen-bond acceptors (Lipinski definition) is 4. The van der Waals surface area contributed by atoms with E-state index in [2.05, 4.69) is 15.8 Å². The Kier molecular flexibility index (Phi) is 5.76. The molecule has 0 aliphatic rings. The first kappa shape index (κ1) is 17.0. The van der Waals surface area contributed by atoms with E-state index in [0.29, 0.717) is 5.76 Å². The van der Waals surface area contributed by atoms with E-state index in [4.69, 9.17) is 4.52 Å². The molecular formula is C17H23N3O3. The minimum absolute atomic E-state index is 0.143. The maximum atomic E-state index is 11.8. The lowest BCUT2D eigenvalue weighted by atomic mass is 10.0. The molecule has 0 saturated heterocycles. The van der Waals surface area contributed by atoms with Crippen LogP contribution in [0.1, 0.15) is 48.5 Å². The van der Waals surface area contributed by atoms with Gasteiger partial charge in [0, 0.05) is 12.6 Å². The number of carbonyl (C=O) groups excluding carboxylic acids is 1. The summed E-state index contributed by atoms with van der Waals surface area (Å²) in [7, 11) is 0. The summed E-state index contributed by atoms with van der Waals surface area (Å²) in [5.74, 6) is 0.883. The summed E-state index contributed by atoms with van der Waals surface area (Å²) < 4.78 is 5.15. The quantitative estimate of drug-likeness (QED) is 0.764. The van der Waals surface area contributed by atoms with Crippen LogP contribution in [0, 0.1) is 6.92 Å². The molecule has 2 aromatic rings. The minimum atomic E-state index is -0.736. The van der Waals surface area contributed by atoms with Crippen molar-refractivity contribution in [2.75, 3.05) is 6.54 Å². The molecule has 0 radical (unpaired) electrons. The largest absolute Gasteiger partial charge is 0.387 e. The normalized spacial score (nSPS) is 12.2. The molecule has 1 heterocycles. The molecule has 0 fully saturated rings. The van der Waals surface area contributed by atoms with E-state index < -0.39 is 6.10 Å². The first-order valence-electron chi connectivity index (χ1n) is 7.68. The number of aromatic nitrogens is 1. The summed E-state index contributed by atoms with van der Waals surface area (Å²) in [6.45, 7) is 6.37. The van der Waals surface area contributed by atoms with Gasteiger partial charge in [-0.2, -0.15) is 0 Å². The van der Waals surface area contributed by atoms with Crippen LogP contribution in [0.25, 0.3) is 0 Å². The topological polar surface area (TPSA) is 87.4 Å². The van der Waals surface area contributed by atoms with Gasteiger partial charge in [0.05, 0.1) is 18.3 Å². The third-order valence-electron chi connectivity index (χ3n) is 3.60. The third-order valence-corrected chi connectivity index (χ3v) is 3.60. The first-order valence-corrected chi connectivity index (χ1v) is 7.68. The van der Waals surface area contributed by atoms with Gasteiger partial charge in [0.1, 0.15) is 0 Å². The summed E-state index contributed by atoms with van der Waals surface area (Å²) in [6, 6.07) is 9.01. The maximum absolute atomic E-state index is 11.8. The second kappa shape index (κ2) is 7.78. The zero-order chi connectivity index (χ0) is 16.8. The second-order valence-electron chi connectivity index (χ2n) is 5.81. The second-order valence-corrected chi connectivity index (χ2v) is 5.81. The van der Waals surface area contributed by atoms with Gasteiger partial charge >= 0.3 is 6.03 Å². The average molecular weight is 317 g/mol. The van der Waals surface area contributed by atoms with E-state index in [9.17, 15) is 9.90 Å². The predicted octanol–water partition coefficient (Wildman–Crippen LogP) is 2.64. The number of hydrogen-bond donors (Lipinski definition) is 3. The fourth-order valence-electron chi connectivity index (χ4n) is 2.17. The standard InChI is InChI=1S/C17H23N3O3/c1-11(2)15-8-13(23-20-15)9-18-17(22)19-10-16(21)14-7-5-4-6-12(14)3/h4-8,11,16,21H,9-10H2,1-3H3,(H2,18,19,22). The number of nitrogens with one attached hydrogen (secondary N) is 2. The summed E-state index contributed by atoms with van der Waals surface area (Å²) in [6.07, 6.45) is -0.736. The molecule has 0 aliphatic heterocycles. The maximum Gasteiger partial charge on any atom is 0.315 e. The van der Waals surface area contributed by atoms with Crippen molar-refractivity contribution in [2.45, 2.75) is 39.3 Å². The van der Waals surface area contributed by atoms with Crippen LogP contribution in [0.3, 0.4) is 0 Å². The van der Waals surface area contributed by atoms with Crippen molar-refractivity contribution in [3.05, 3.63) is 52.9 Å². The van der Waals surface area contributed by atoms with Gasteiger partial charge in [-0.1, -0.05) is 43.3 Å². The molecule has 124 valence electrons. The van der Waals surface area contributed by atoms with Crippen LogP contribution in [-0.4, -0.2) is 22.8 Å². The number of aryl methyl sites for hydroxylation is 1. The van der Waals surface area contributed by atoms with Crippen molar-refractivity contribution in [3.63, 3.8) is 0 Å². The zero-order valence-electron chi connectivity index (χ0n) is 13.7. The molecule has 0 aliphatic carbocycles. The molecule has 2 rings (SSSR count). The van der Waals surface area contributed by atoms with Crippen LogP contribution in [0.5, 0.6) is 0 Å². The van der Waals surface area contributed by atoms with Crippen molar-refractivity contribution < 1.29 is 14.4 Å². The van der Waals surface area contributed by atoms with Gasteiger partial charge in [-0.05, 0) is 24.0 Å². The van der Waals surface area contributed by atoms with Crippen molar-refractivity contribution in [2.24, 2.45) is 0 Å². The molecule has 1 aromatic carbocycles. The Morgan fingerprint density at radius 1 is 1.30 bits per heavy atom. The molecule has 6 nitrogen and oxygen atoms in total. The highest BCUT2D eigenvalue weighted by molar-refractivity contribution is 5.73. The molecule has 3 N–H and O–H groups in total. The molecule has 0 spiro atoms. The Bertz CT molecular complexity index is 652. The highest BCUT2D eigenvalue weighted by Crippen LogP contribution is 2.16. The minimum Gasteiger partial charge on any atom is -0.387 e. The van der Waals surface area contributed by atoms with Crippen LogP contribution in [-0.2, 0) is 6.54 Å². The Morgan fingerprint density at radius 3 is 2.70 bits per heavy atom. The van der Waals surface area contributed by atoms with Gasteiger partial charge in [0.25, 0.3) is 0 Å². The Labute approximate surface area is 135 Å². The van der Waals surface area contributed by atoms with Gasteiger partial charge in [0.15, 0.2) is 5.76 Å². The average Bonchev–Trinajstić information content (AvgIpc) is 3.00. The Balaban J connectivity index is 1.77. The summed E-state index contributed by atoms with van der Waals surface area (Å²) in [4.78, 5) is 11.8. The fourth-order valence-corrected chi connectivity index (χ4v) is 2.17. The van der Waals surface area contributed by atoms with Gasteiger partial charge in [0.2, 0.25) is 0 Å². The molecule has 2 amide bonds. The van der Waals surface area contributed by atoms with Gasteiger partial charge < -0.3 is 20.3 Å². The lowest BCUT2D eigenvalue weighted by Gasteiger charge is -2.14. The van der Waals surface area contributed by atoms with Gasteiger partial charge in [-0.25, -0.2) is 4.79 Å². The van der Waals surface area contributed by atoms with Crippen LogP contribution in [0.15, 0.2) is 34.9 Å². The van der Waals surface area contributed by atoms with E-state index in [0.717, 1.165) is 16.8 Å². The number of rotatable bonds is 6. The molecule has 0 bridgehead atoms. The van der Waals surface area contributed by atoms with Crippen LogP contribution in [0.4, 0.5) is 4.79 Å². The van der Waals surface area contributed by atoms with Crippen LogP contribution >= 0.6 is 0 Å². The van der Waals surface area contributed by atoms with Crippen molar-refractivity contribution in [1.29, 1.82) is 0 Å². The monoisotopic (exact) mass is 317 g/mol. The Hall–Kier alpha value is -2.34. The number of nitrogens with zero attached hydrogens (tertiary/aromatic N) is 1. The van der Waals surface area contributed by atoms with Gasteiger partial charge in [-0.15, -0.1) is 0 Å². The van der Waals surface area contributed by atoms with Crippen molar-refractivity contribution in [1.82, 2.24) is 15.8 Å². The zero-order valence-corrected chi connectivity index (χ0v) is 13.7. The number of aliphatic hydroxyl groups is 1. The number of aliphatic hydroxyl groups excluding tert-OH is 1. The van der Waals surface area contributed by atoms with Crippen LogP contribution in [0.2, 0.25) is 0 Å². The Morgan fingerprint density at radius 2 is 2.04 bits per heavy atom. The molecule has 23 heavy (non-hydrogen) atoms. The predicted molar refractivity (Wildman–Crippen MR) is 87.0 cm³/mol. The molecule has 0 saturated carbocycles. The molecule has 1 aromatic heterocycles. The van der Waals surface area contributed by atoms with E-state index in [1.54, 1.807) is 0 Å². The van der Waals surface area contributed by atoms with Crippen molar-refractivity contribution in [3.8, 4) is 0 Å². The highest BCUT2D eigenvalue weighted by atomic mass is 16.5. The molecular weight excluding hydrogens is 294 g/mol. The lowest BCUT2D eigenvalue weighted by Crippen LogP contribution is -2.37. The summed E-state index contributed by atoms with van der Waals surface area (Å²) >= 11 is 0. The molecule has 6 heteroatoms. The van der Waals surface area contributed by atoms with E-state index >= 15 is 0 Å². The first-order chi connectivity index (χ1) is 11.0. The number of amides is 2. The highest BCUT2D eigenvalue weighted by Gasteiger charge is 2.12. The number of benzene rings is 1. The summed E-state index contributed by atoms with van der Waals surface area (Å²) in [5.41, 5.74) is 2.66. The third kappa shape index (κ3) is 4.82. The van der Waals surface area contributed by atoms with Gasteiger partial charge in [-0.3, -0.25) is 0 Å². The molecule has 1 atom stereocenters. The SMILES string of the molecule is Cc1ccccc1C(O)CNC(=O)NCc1cc(C(C)C)no1.